The van der Waals surface area contributed by atoms with E-state index < -0.39 is 0 Å². The number of carbonyl (C=O) groups is 2. The largest absolute Gasteiger partial charge is 0.492 e. The number of hydrogen-bond acceptors (Lipinski definition) is 3. The molecule has 0 atom stereocenters. The summed E-state index contributed by atoms with van der Waals surface area (Å²) in [6.07, 6.45) is 1.45. The van der Waals surface area contributed by atoms with Crippen molar-refractivity contribution in [3.63, 3.8) is 0 Å². The molecule has 5 nitrogen and oxygen atoms in total. The maximum absolute atomic E-state index is 12.7. The summed E-state index contributed by atoms with van der Waals surface area (Å²) < 4.78 is 5.72. The molecule has 0 unspecified atom stereocenters. The fraction of sp³-hybridized carbons (Fsp3) is 0.333. The maximum atomic E-state index is 12.7. The Morgan fingerprint density at radius 2 is 2.00 bits per heavy atom. The van der Waals surface area contributed by atoms with Crippen molar-refractivity contribution in [3.8, 4) is 5.75 Å². The molecule has 26 heavy (non-hydrogen) atoms. The third kappa shape index (κ3) is 4.23. The van der Waals surface area contributed by atoms with E-state index in [1.165, 1.54) is 0 Å². The lowest BCUT2D eigenvalue weighted by Crippen LogP contribution is -2.31. The van der Waals surface area contributed by atoms with Gasteiger partial charge in [0.2, 0.25) is 5.91 Å². The molecule has 0 spiro atoms. The molecular formula is C21H24N2O3. The second-order valence-corrected chi connectivity index (χ2v) is 6.59. The molecule has 136 valence electrons. The van der Waals surface area contributed by atoms with Gasteiger partial charge in [0, 0.05) is 31.3 Å². The van der Waals surface area contributed by atoms with Crippen LogP contribution in [0, 0.1) is 6.92 Å². The Bertz CT molecular complexity index is 803. The van der Waals surface area contributed by atoms with Crippen molar-refractivity contribution in [1.29, 1.82) is 0 Å². The number of hydrogen-bond donors (Lipinski definition) is 0. The Morgan fingerprint density at radius 3 is 2.73 bits per heavy atom. The molecule has 1 fully saturated rings. The van der Waals surface area contributed by atoms with E-state index in [1.807, 2.05) is 43.3 Å². The number of carbonyl (C=O) groups excluding carboxylic acids is 2. The highest BCUT2D eigenvalue weighted by atomic mass is 16.5. The number of nitrogens with zero attached hydrogens (tertiary/aromatic N) is 2. The van der Waals surface area contributed by atoms with E-state index in [2.05, 4.69) is 0 Å². The van der Waals surface area contributed by atoms with Gasteiger partial charge in [-0.3, -0.25) is 9.59 Å². The minimum Gasteiger partial charge on any atom is -0.492 e. The van der Waals surface area contributed by atoms with Gasteiger partial charge in [0.15, 0.2) is 0 Å². The van der Waals surface area contributed by atoms with Gasteiger partial charge in [-0.05, 0) is 49.2 Å². The molecule has 1 heterocycles. The number of amides is 2. The van der Waals surface area contributed by atoms with Crippen LogP contribution in [-0.2, 0) is 4.79 Å². The van der Waals surface area contributed by atoms with Gasteiger partial charge in [-0.2, -0.15) is 0 Å². The first kappa shape index (κ1) is 18.0. The summed E-state index contributed by atoms with van der Waals surface area (Å²) >= 11 is 0. The smallest absolute Gasteiger partial charge is 0.253 e. The van der Waals surface area contributed by atoms with Crippen LogP contribution >= 0.6 is 0 Å². The van der Waals surface area contributed by atoms with Crippen LogP contribution in [0.5, 0.6) is 5.75 Å². The van der Waals surface area contributed by atoms with Crippen molar-refractivity contribution in [2.45, 2.75) is 19.8 Å². The zero-order chi connectivity index (χ0) is 18.5. The topological polar surface area (TPSA) is 49.9 Å². The molecule has 0 N–H and O–H groups in total. The lowest BCUT2D eigenvalue weighted by Gasteiger charge is -2.20. The zero-order valence-electron chi connectivity index (χ0n) is 15.3. The van der Waals surface area contributed by atoms with E-state index in [4.69, 9.17) is 4.74 Å². The summed E-state index contributed by atoms with van der Waals surface area (Å²) in [6.45, 7) is 3.65. The number of aryl methyl sites for hydroxylation is 1. The van der Waals surface area contributed by atoms with E-state index in [0.717, 1.165) is 30.0 Å². The monoisotopic (exact) mass is 352 g/mol. The Kier molecular flexibility index (Phi) is 5.56. The molecule has 2 aromatic rings. The first-order valence-corrected chi connectivity index (χ1v) is 8.90. The maximum Gasteiger partial charge on any atom is 0.253 e. The van der Waals surface area contributed by atoms with Crippen molar-refractivity contribution in [1.82, 2.24) is 4.90 Å². The van der Waals surface area contributed by atoms with E-state index in [1.54, 1.807) is 29.0 Å². The zero-order valence-corrected chi connectivity index (χ0v) is 15.3. The molecule has 5 heteroatoms. The second kappa shape index (κ2) is 8.04. The van der Waals surface area contributed by atoms with E-state index in [-0.39, 0.29) is 11.8 Å². The van der Waals surface area contributed by atoms with Gasteiger partial charge in [0.05, 0.1) is 6.54 Å². The molecule has 0 saturated carbocycles. The van der Waals surface area contributed by atoms with Gasteiger partial charge in [-0.15, -0.1) is 0 Å². The number of rotatable bonds is 6. The number of anilines is 1. The van der Waals surface area contributed by atoms with Crippen LogP contribution in [0.3, 0.4) is 0 Å². The van der Waals surface area contributed by atoms with E-state index >= 15 is 0 Å². The van der Waals surface area contributed by atoms with Crippen molar-refractivity contribution in [2.24, 2.45) is 0 Å². The fourth-order valence-corrected chi connectivity index (χ4v) is 3.06. The molecule has 1 saturated heterocycles. The minimum atomic E-state index is -0.0775. The molecule has 0 bridgehead atoms. The van der Waals surface area contributed by atoms with Gasteiger partial charge in [0.25, 0.3) is 5.91 Å². The Balaban J connectivity index is 1.58. The average Bonchev–Trinajstić information content (AvgIpc) is 3.07. The van der Waals surface area contributed by atoms with Crippen LogP contribution in [0.25, 0.3) is 0 Å². The van der Waals surface area contributed by atoms with Crippen molar-refractivity contribution in [2.75, 3.05) is 31.6 Å². The van der Waals surface area contributed by atoms with Crippen LogP contribution in [0.1, 0.15) is 28.8 Å². The summed E-state index contributed by atoms with van der Waals surface area (Å²) in [6, 6.07) is 15.1. The van der Waals surface area contributed by atoms with Crippen LogP contribution in [0.2, 0.25) is 0 Å². The number of benzene rings is 2. The van der Waals surface area contributed by atoms with Gasteiger partial charge < -0.3 is 14.5 Å². The summed E-state index contributed by atoms with van der Waals surface area (Å²) in [5.41, 5.74) is 2.52. The highest BCUT2D eigenvalue weighted by Crippen LogP contribution is 2.22. The third-order valence-corrected chi connectivity index (χ3v) is 4.51. The normalized spacial score (nSPS) is 13.8. The van der Waals surface area contributed by atoms with Crippen molar-refractivity contribution < 1.29 is 14.3 Å². The molecule has 0 aromatic heterocycles. The van der Waals surface area contributed by atoms with Crippen molar-refractivity contribution in [3.05, 3.63) is 59.7 Å². The van der Waals surface area contributed by atoms with Crippen molar-refractivity contribution >= 4 is 17.5 Å². The summed E-state index contributed by atoms with van der Waals surface area (Å²) in [4.78, 5) is 27.9. The molecule has 1 aliphatic rings. The Morgan fingerprint density at radius 1 is 1.19 bits per heavy atom. The van der Waals surface area contributed by atoms with Gasteiger partial charge in [0.1, 0.15) is 12.4 Å². The minimum absolute atomic E-state index is 0.0775. The molecule has 1 aliphatic heterocycles. The lowest BCUT2D eigenvalue weighted by atomic mass is 10.1. The highest BCUT2D eigenvalue weighted by molar-refractivity contribution is 5.99. The van der Waals surface area contributed by atoms with Crippen LogP contribution < -0.4 is 9.64 Å². The van der Waals surface area contributed by atoms with Gasteiger partial charge >= 0.3 is 0 Å². The Labute approximate surface area is 154 Å². The molecule has 2 amide bonds. The SMILES string of the molecule is Cc1cccc(OCCN(C)C(=O)c2cccc(N3CCCC3=O)c2)c1. The Hall–Kier alpha value is -2.82. The van der Waals surface area contributed by atoms with Crippen LogP contribution in [0.4, 0.5) is 5.69 Å². The predicted octanol–water partition coefficient (Wildman–Crippen LogP) is 3.27. The lowest BCUT2D eigenvalue weighted by molar-refractivity contribution is -0.117. The number of likely N-dealkylation sites (N-methyl/N-ethyl adjacent to an activating group) is 1. The second-order valence-electron chi connectivity index (χ2n) is 6.59. The molecule has 0 radical (unpaired) electrons. The van der Waals surface area contributed by atoms with E-state index in [9.17, 15) is 9.59 Å². The van der Waals surface area contributed by atoms with Crippen LogP contribution in [-0.4, -0.2) is 43.5 Å². The quantitative estimate of drug-likeness (QED) is 0.802. The first-order chi connectivity index (χ1) is 12.5. The van der Waals surface area contributed by atoms with Crippen LogP contribution in [0.15, 0.2) is 48.5 Å². The average molecular weight is 352 g/mol. The number of ether oxygens (including phenoxy) is 1. The fourth-order valence-electron chi connectivity index (χ4n) is 3.06. The predicted molar refractivity (Wildman–Crippen MR) is 102 cm³/mol. The molecule has 2 aromatic carbocycles. The molecular weight excluding hydrogens is 328 g/mol. The summed E-state index contributed by atoms with van der Waals surface area (Å²) in [7, 11) is 1.76. The summed E-state index contributed by atoms with van der Waals surface area (Å²) in [5, 5.41) is 0. The first-order valence-electron chi connectivity index (χ1n) is 8.90. The van der Waals surface area contributed by atoms with Gasteiger partial charge in [-0.1, -0.05) is 18.2 Å². The standard InChI is InChI=1S/C21H24N2O3/c1-16-6-3-9-19(14-16)26-13-12-22(2)21(25)17-7-4-8-18(15-17)23-11-5-10-20(23)24/h3-4,6-9,14-15H,5,10-13H2,1-2H3. The molecule has 0 aliphatic carbocycles. The third-order valence-electron chi connectivity index (χ3n) is 4.51. The molecule has 3 rings (SSSR count). The van der Waals surface area contributed by atoms with Gasteiger partial charge in [-0.25, -0.2) is 0 Å². The summed E-state index contributed by atoms with van der Waals surface area (Å²) in [5.74, 6) is 0.848. The highest BCUT2D eigenvalue weighted by Gasteiger charge is 2.22. The van der Waals surface area contributed by atoms with E-state index in [0.29, 0.717) is 25.1 Å².